The van der Waals surface area contributed by atoms with Crippen LogP contribution < -0.4 is 5.73 Å². The molecule has 100 valence electrons. The number of benzene rings is 1. The Hall–Kier alpha value is -1.06. The van der Waals surface area contributed by atoms with Gasteiger partial charge in [0.2, 0.25) is 0 Å². The first-order valence-electron chi connectivity index (χ1n) is 7.01. The summed E-state index contributed by atoms with van der Waals surface area (Å²) in [6, 6.07) is 8.30. The van der Waals surface area contributed by atoms with Crippen LogP contribution in [0.5, 0.6) is 5.75 Å². The Morgan fingerprint density at radius 2 is 2.06 bits per heavy atom. The van der Waals surface area contributed by atoms with Gasteiger partial charge in [-0.15, -0.1) is 0 Å². The number of rotatable bonds is 6. The number of nitrogens with zero attached hydrogens (tertiary/aromatic N) is 1. The Bertz CT molecular complexity index is 361. The maximum absolute atomic E-state index is 9.53. The van der Waals surface area contributed by atoms with E-state index in [-0.39, 0.29) is 0 Å². The van der Waals surface area contributed by atoms with Crippen LogP contribution in [0.2, 0.25) is 0 Å². The lowest BCUT2D eigenvalue weighted by molar-refractivity contribution is 0.188. The molecule has 1 aliphatic carbocycles. The zero-order chi connectivity index (χ0) is 12.8. The van der Waals surface area contributed by atoms with Crippen molar-refractivity contribution in [3.05, 3.63) is 29.8 Å². The van der Waals surface area contributed by atoms with Crippen molar-refractivity contribution >= 4 is 0 Å². The number of nitrogens with two attached hydrogens (primary N) is 1. The summed E-state index contributed by atoms with van der Waals surface area (Å²) >= 11 is 0. The first-order chi connectivity index (χ1) is 8.79. The van der Waals surface area contributed by atoms with Crippen LogP contribution in [-0.2, 0) is 6.54 Å². The van der Waals surface area contributed by atoms with Crippen molar-refractivity contribution in [2.24, 2.45) is 5.73 Å². The van der Waals surface area contributed by atoms with Gasteiger partial charge < -0.3 is 10.8 Å². The van der Waals surface area contributed by atoms with E-state index in [9.17, 15) is 5.11 Å². The lowest BCUT2D eigenvalue weighted by atomic mass is 10.1. The van der Waals surface area contributed by atoms with Gasteiger partial charge in [-0.05, 0) is 50.0 Å². The summed E-state index contributed by atoms with van der Waals surface area (Å²) < 4.78 is 0. The molecule has 0 unspecified atom stereocenters. The molecule has 3 nitrogen and oxygen atoms in total. The minimum absolute atomic E-state index is 0.359. The summed E-state index contributed by atoms with van der Waals surface area (Å²) in [6.45, 7) is 2.75. The zero-order valence-electron chi connectivity index (χ0n) is 11.0. The number of hydrogen-bond donors (Lipinski definition) is 2. The van der Waals surface area contributed by atoms with Crippen LogP contribution in [0.15, 0.2) is 24.3 Å². The van der Waals surface area contributed by atoms with Crippen molar-refractivity contribution in [1.82, 2.24) is 4.90 Å². The lowest BCUT2D eigenvalue weighted by Crippen LogP contribution is -2.34. The summed E-state index contributed by atoms with van der Waals surface area (Å²) in [5.74, 6) is 0.359. The maximum atomic E-state index is 9.53. The van der Waals surface area contributed by atoms with Crippen LogP contribution in [0.3, 0.4) is 0 Å². The summed E-state index contributed by atoms with van der Waals surface area (Å²) in [5, 5.41) is 9.53. The standard InChI is InChI=1S/C15H24N2O/c16-9-4-10-17(14-6-1-2-7-14)12-13-5-3-8-15(18)11-13/h3,5,8,11,14,18H,1-2,4,6-7,9-10,12,16H2. The van der Waals surface area contributed by atoms with Gasteiger partial charge in [-0.3, -0.25) is 4.90 Å². The molecule has 2 rings (SSSR count). The van der Waals surface area contributed by atoms with Gasteiger partial charge in [-0.1, -0.05) is 25.0 Å². The molecular weight excluding hydrogens is 224 g/mol. The van der Waals surface area contributed by atoms with E-state index in [4.69, 9.17) is 5.73 Å². The van der Waals surface area contributed by atoms with E-state index in [1.54, 1.807) is 6.07 Å². The molecule has 1 fully saturated rings. The van der Waals surface area contributed by atoms with Crippen LogP contribution in [0.25, 0.3) is 0 Å². The predicted octanol–water partition coefficient (Wildman–Crippen LogP) is 2.49. The molecule has 0 aromatic heterocycles. The van der Waals surface area contributed by atoms with Crippen molar-refractivity contribution in [3.63, 3.8) is 0 Å². The number of aromatic hydroxyl groups is 1. The number of hydrogen-bond acceptors (Lipinski definition) is 3. The average Bonchev–Trinajstić information content (AvgIpc) is 2.88. The molecule has 0 heterocycles. The van der Waals surface area contributed by atoms with Gasteiger partial charge in [-0.2, -0.15) is 0 Å². The molecule has 1 aliphatic rings. The third-order valence-corrected chi connectivity index (χ3v) is 3.79. The SMILES string of the molecule is NCCCN(Cc1cccc(O)c1)C1CCCC1. The quantitative estimate of drug-likeness (QED) is 0.813. The second kappa shape index (κ2) is 6.76. The molecule has 3 N–H and O–H groups in total. The molecule has 18 heavy (non-hydrogen) atoms. The van der Waals surface area contributed by atoms with Crippen molar-refractivity contribution in [2.75, 3.05) is 13.1 Å². The lowest BCUT2D eigenvalue weighted by Gasteiger charge is -2.28. The third-order valence-electron chi connectivity index (χ3n) is 3.79. The van der Waals surface area contributed by atoms with E-state index in [0.29, 0.717) is 11.8 Å². The summed E-state index contributed by atoms with van der Waals surface area (Å²) in [6.07, 6.45) is 6.37. The van der Waals surface area contributed by atoms with Gasteiger partial charge in [0.15, 0.2) is 0 Å². The molecule has 0 saturated heterocycles. The second-order valence-electron chi connectivity index (χ2n) is 5.22. The molecule has 0 aliphatic heterocycles. The number of phenolic OH excluding ortho intramolecular Hbond substituents is 1. The fraction of sp³-hybridized carbons (Fsp3) is 0.600. The van der Waals surface area contributed by atoms with Crippen molar-refractivity contribution in [1.29, 1.82) is 0 Å². The Labute approximate surface area is 110 Å². The van der Waals surface area contributed by atoms with Crippen LogP contribution >= 0.6 is 0 Å². The summed E-state index contributed by atoms with van der Waals surface area (Å²) in [5.41, 5.74) is 6.82. The van der Waals surface area contributed by atoms with Crippen LogP contribution in [0.1, 0.15) is 37.7 Å². The molecule has 3 heteroatoms. The Kier molecular flexibility index (Phi) is 5.02. The van der Waals surface area contributed by atoms with Crippen LogP contribution in [-0.4, -0.2) is 29.1 Å². The predicted molar refractivity (Wildman–Crippen MR) is 74.4 cm³/mol. The molecule has 1 aromatic carbocycles. The van der Waals surface area contributed by atoms with Gasteiger partial charge in [0.25, 0.3) is 0 Å². The van der Waals surface area contributed by atoms with E-state index >= 15 is 0 Å². The van der Waals surface area contributed by atoms with Crippen molar-refractivity contribution in [2.45, 2.75) is 44.7 Å². The Morgan fingerprint density at radius 3 is 2.72 bits per heavy atom. The first kappa shape index (κ1) is 13.4. The molecule has 0 spiro atoms. The fourth-order valence-electron chi connectivity index (χ4n) is 2.84. The monoisotopic (exact) mass is 248 g/mol. The van der Waals surface area contributed by atoms with Crippen LogP contribution in [0, 0.1) is 0 Å². The highest BCUT2D eigenvalue weighted by Gasteiger charge is 2.22. The summed E-state index contributed by atoms with van der Waals surface area (Å²) in [7, 11) is 0. The first-order valence-corrected chi connectivity index (χ1v) is 7.01. The van der Waals surface area contributed by atoms with E-state index in [1.165, 1.54) is 31.2 Å². The topological polar surface area (TPSA) is 49.5 Å². The van der Waals surface area contributed by atoms with Crippen molar-refractivity contribution in [3.8, 4) is 5.75 Å². The molecule has 1 aromatic rings. The van der Waals surface area contributed by atoms with Gasteiger partial charge in [-0.25, -0.2) is 0 Å². The van der Waals surface area contributed by atoms with Gasteiger partial charge >= 0.3 is 0 Å². The molecule has 0 atom stereocenters. The second-order valence-corrected chi connectivity index (χ2v) is 5.22. The normalized spacial score (nSPS) is 16.6. The fourth-order valence-corrected chi connectivity index (χ4v) is 2.84. The smallest absolute Gasteiger partial charge is 0.115 e. The largest absolute Gasteiger partial charge is 0.508 e. The number of phenols is 1. The highest BCUT2D eigenvalue weighted by molar-refractivity contribution is 5.27. The average molecular weight is 248 g/mol. The highest BCUT2D eigenvalue weighted by Crippen LogP contribution is 2.25. The van der Waals surface area contributed by atoms with Gasteiger partial charge in [0, 0.05) is 12.6 Å². The molecule has 0 bridgehead atoms. The molecular formula is C15H24N2O. The van der Waals surface area contributed by atoms with Crippen molar-refractivity contribution < 1.29 is 5.11 Å². The minimum atomic E-state index is 0.359. The molecule has 0 amide bonds. The van der Waals surface area contributed by atoms with Gasteiger partial charge in [0.05, 0.1) is 0 Å². The molecule has 1 saturated carbocycles. The highest BCUT2D eigenvalue weighted by atomic mass is 16.3. The zero-order valence-corrected chi connectivity index (χ0v) is 11.0. The minimum Gasteiger partial charge on any atom is -0.508 e. The molecule has 0 radical (unpaired) electrons. The summed E-state index contributed by atoms with van der Waals surface area (Å²) in [4.78, 5) is 2.54. The van der Waals surface area contributed by atoms with Gasteiger partial charge in [0.1, 0.15) is 5.75 Å². The van der Waals surface area contributed by atoms with Crippen LogP contribution in [0.4, 0.5) is 0 Å². The Balaban J connectivity index is 1.99. The van der Waals surface area contributed by atoms with E-state index in [1.807, 2.05) is 12.1 Å². The van der Waals surface area contributed by atoms with E-state index < -0.39 is 0 Å². The van der Waals surface area contributed by atoms with E-state index in [0.717, 1.165) is 26.1 Å². The third kappa shape index (κ3) is 3.72. The Morgan fingerprint density at radius 1 is 1.28 bits per heavy atom. The van der Waals surface area contributed by atoms with E-state index in [2.05, 4.69) is 11.0 Å². The maximum Gasteiger partial charge on any atom is 0.115 e.